The number of aromatic nitrogens is 3. The topological polar surface area (TPSA) is 73.8 Å². The molecule has 2 N–H and O–H groups in total. The molecule has 0 aliphatic carbocycles. The van der Waals surface area contributed by atoms with Crippen molar-refractivity contribution >= 4 is 17.5 Å². The summed E-state index contributed by atoms with van der Waals surface area (Å²) in [6.07, 6.45) is 2.98. The van der Waals surface area contributed by atoms with E-state index in [-0.39, 0.29) is 0 Å². The van der Waals surface area contributed by atoms with Gasteiger partial charge in [0, 0.05) is 5.02 Å². The van der Waals surface area contributed by atoms with Crippen LogP contribution in [-0.2, 0) is 4.79 Å². The molecule has 1 unspecified atom stereocenters. The Kier molecular flexibility index (Phi) is 2.87. The lowest BCUT2D eigenvalue weighted by molar-refractivity contribution is -0.120. The molecule has 82 valence electrons. The van der Waals surface area contributed by atoms with Crippen LogP contribution in [-0.4, -0.2) is 20.9 Å². The molecule has 1 aromatic heterocycles. The SMILES string of the molecule is NC(=O)C(c1ccc(Cl)cc1)n1nccn1. The minimum Gasteiger partial charge on any atom is -0.367 e. The number of benzene rings is 1. The van der Waals surface area contributed by atoms with Gasteiger partial charge in [-0.15, -0.1) is 0 Å². The first-order valence-corrected chi connectivity index (χ1v) is 4.97. The predicted molar refractivity (Wildman–Crippen MR) is 58.8 cm³/mol. The summed E-state index contributed by atoms with van der Waals surface area (Å²) in [6.45, 7) is 0. The van der Waals surface area contributed by atoms with Crippen molar-refractivity contribution in [3.8, 4) is 0 Å². The second-order valence-electron chi connectivity index (χ2n) is 3.21. The molecule has 1 atom stereocenters. The van der Waals surface area contributed by atoms with E-state index in [2.05, 4.69) is 10.2 Å². The number of rotatable bonds is 3. The van der Waals surface area contributed by atoms with Gasteiger partial charge in [0.05, 0.1) is 12.4 Å². The van der Waals surface area contributed by atoms with E-state index in [1.54, 1.807) is 24.3 Å². The van der Waals surface area contributed by atoms with E-state index < -0.39 is 11.9 Å². The van der Waals surface area contributed by atoms with Crippen LogP contribution in [0.1, 0.15) is 11.6 Å². The van der Waals surface area contributed by atoms with Crippen molar-refractivity contribution in [1.82, 2.24) is 15.0 Å². The average molecular weight is 237 g/mol. The van der Waals surface area contributed by atoms with Crippen LogP contribution >= 0.6 is 11.6 Å². The fraction of sp³-hybridized carbons (Fsp3) is 0.100. The molecule has 1 heterocycles. The minimum absolute atomic E-state index is 0.515. The van der Waals surface area contributed by atoms with Gasteiger partial charge in [-0.05, 0) is 17.7 Å². The van der Waals surface area contributed by atoms with Crippen LogP contribution in [0.2, 0.25) is 5.02 Å². The Bertz CT molecular complexity index is 480. The average Bonchev–Trinajstić information content (AvgIpc) is 2.74. The zero-order chi connectivity index (χ0) is 11.5. The highest BCUT2D eigenvalue weighted by Crippen LogP contribution is 2.18. The van der Waals surface area contributed by atoms with Gasteiger partial charge in [0.2, 0.25) is 5.91 Å². The zero-order valence-electron chi connectivity index (χ0n) is 8.25. The number of hydrogen-bond donors (Lipinski definition) is 1. The molecular weight excluding hydrogens is 228 g/mol. The smallest absolute Gasteiger partial charge is 0.248 e. The summed E-state index contributed by atoms with van der Waals surface area (Å²) in [5.41, 5.74) is 6.03. The van der Waals surface area contributed by atoms with Crippen molar-refractivity contribution in [1.29, 1.82) is 0 Å². The first-order chi connectivity index (χ1) is 7.68. The van der Waals surface area contributed by atoms with Gasteiger partial charge in [-0.1, -0.05) is 23.7 Å². The van der Waals surface area contributed by atoms with Crippen molar-refractivity contribution in [2.75, 3.05) is 0 Å². The number of nitrogens with zero attached hydrogens (tertiary/aromatic N) is 3. The Hall–Kier alpha value is -1.88. The monoisotopic (exact) mass is 236 g/mol. The van der Waals surface area contributed by atoms with E-state index in [1.807, 2.05) is 0 Å². The molecular formula is C10H9ClN4O. The lowest BCUT2D eigenvalue weighted by atomic mass is 10.1. The molecule has 6 heteroatoms. The maximum absolute atomic E-state index is 11.4. The maximum Gasteiger partial charge on any atom is 0.248 e. The summed E-state index contributed by atoms with van der Waals surface area (Å²) in [5.74, 6) is -0.515. The molecule has 0 saturated carbocycles. The molecule has 0 spiro atoms. The Morgan fingerprint density at radius 3 is 2.31 bits per heavy atom. The van der Waals surface area contributed by atoms with Crippen molar-refractivity contribution in [2.24, 2.45) is 5.73 Å². The third kappa shape index (κ3) is 2.04. The molecule has 0 aliphatic rings. The van der Waals surface area contributed by atoms with Crippen molar-refractivity contribution in [3.05, 3.63) is 47.2 Å². The zero-order valence-corrected chi connectivity index (χ0v) is 9.00. The number of hydrogen-bond acceptors (Lipinski definition) is 3. The molecule has 1 amide bonds. The molecule has 0 fully saturated rings. The molecule has 2 rings (SSSR count). The summed E-state index contributed by atoms with van der Waals surface area (Å²) in [6, 6.07) is 6.13. The van der Waals surface area contributed by atoms with Crippen LogP contribution < -0.4 is 5.73 Å². The normalized spacial score (nSPS) is 12.3. The fourth-order valence-corrected chi connectivity index (χ4v) is 1.54. The maximum atomic E-state index is 11.4. The molecule has 0 saturated heterocycles. The number of amides is 1. The Morgan fingerprint density at radius 2 is 1.81 bits per heavy atom. The summed E-state index contributed by atoms with van der Waals surface area (Å²) in [7, 11) is 0. The fourth-order valence-electron chi connectivity index (χ4n) is 1.42. The van der Waals surface area contributed by atoms with Crippen molar-refractivity contribution in [3.63, 3.8) is 0 Å². The van der Waals surface area contributed by atoms with E-state index in [1.165, 1.54) is 17.2 Å². The van der Waals surface area contributed by atoms with E-state index in [0.29, 0.717) is 10.6 Å². The van der Waals surface area contributed by atoms with Gasteiger partial charge in [0.1, 0.15) is 0 Å². The third-order valence-electron chi connectivity index (χ3n) is 2.12. The van der Waals surface area contributed by atoms with E-state index in [9.17, 15) is 4.79 Å². The molecule has 16 heavy (non-hydrogen) atoms. The van der Waals surface area contributed by atoms with Gasteiger partial charge in [0.15, 0.2) is 6.04 Å². The largest absolute Gasteiger partial charge is 0.367 e. The second kappa shape index (κ2) is 4.32. The number of halogens is 1. The number of nitrogens with two attached hydrogens (primary N) is 1. The number of primary amides is 1. The molecule has 0 radical (unpaired) electrons. The first-order valence-electron chi connectivity index (χ1n) is 4.59. The van der Waals surface area contributed by atoms with Gasteiger partial charge in [0.25, 0.3) is 0 Å². The summed E-state index contributed by atoms with van der Waals surface area (Å²) in [4.78, 5) is 12.6. The van der Waals surface area contributed by atoms with Crippen LogP contribution in [0.3, 0.4) is 0 Å². The predicted octanol–water partition coefficient (Wildman–Crippen LogP) is 1.01. The number of carbonyl (C=O) groups is 1. The lowest BCUT2D eigenvalue weighted by Gasteiger charge is -2.12. The molecule has 0 aliphatic heterocycles. The quantitative estimate of drug-likeness (QED) is 0.864. The summed E-state index contributed by atoms with van der Waals surface area (Å²) >= 11 is 5.77. The van der Waals surface area contributed by atoms with Crippen molar-refractivity contribution in [2.45, 2.75) is 6.04 Å². The summed E-state index contributed by atoms with van der Waals surface area (Å²) in [5, 5.41) is 8.41. The van der Waals surface area contributed by atoms with Crippen LogP contribution in [0.25, 0.3) is 0 Å². The van der Waals surface area contributed by atoms with E-state index in [0.717, 1.165) is 0 Å². The first kappa shape index (κ1) is 10.6. The van der Waals surface area contributed by atoms with E-state index in [4.69, 9.17) is 17.3 Å². The van der Waals surface area contributed by atoms with Crippen LogP contribution in [0, 0.1) is 0 Å². The van der Waals surface area contributed by atoms with Gasteiger partial charge in [-0.2, -0.15) is 15.0 Å². The van der Waals surface area contributed by atoms with Crippen LogP contribution in [0.5, 0.6) is 0 Å². The number of carbonyl (C=O) groups excluding carboxylic acids is 1. The third-order valence-corrected chi connectivity index (χ3v) is 2.37. The highest BCUT2D eigenvalue weighted by Gasteiger charge is 2.21. The summed E-state index contributed by atoms with van der Waals surface area (Å²) < 4.78 is 0. The Morgan fingerprint density at radius 1 is 1.25 bits per heavy atom. The second-order valence-corrected chi connectivity index (χ2v) is 3.64. The van der Waals surface area contributed by atoms with Crippen molar-refractivity contribution < 1.29 is 4.79 Å². The Balaban J connectivity index is 2.41. The van der Waals surface area contributed by atoms with Gasteiger partial charge in [-0.25, -0.2) is 0 Å². The molecule has 5 nitrogen and oxygen atoms in total. The van der Waals surface area contributed by atoms with Gasteiger partial charge >= 0.3 is 0 Å². The van der Waals surface area contributed by atoms with Gasteiger partial charge < -0.3 is 5.73 Å². The molecule has 1 aromatic carbocycles. The molecule has 2 aromatic rings. The minimum atomic E-state index is -0.702. The van der Waals surface area contributed by atoms with Crippen LogP contribution in [0.15, 0.2) is 36.7 Å². The lowest BCUT2D eigenvalue weighted by Crippen LogP contribution is -2.29. The van der Waals surface area contributed by atoms with Crippen LogP contribution in [0.4, 0.5) is 0 Å². The standard InChI is InChI=1S/C10H9ClN4O/c11-8-3-1-7(2-4-8)9(10(12)16)15-13-5-6-14-15/h1-6,9H,(H2,12,16). The van der Waals surface area contributed by atoms with Gasteiger partial charge in [-0.3, -0.25) is 4.79 Å². The Labute approximate surface area is 96.8 Å². The highest BCUT2D eigenvalue weighted by molar-refractivity contribution is 6.30. The van der Waals surface area contributed by atoms with E-state index >= 15 is 0 Å². The highest BCUT2D eigenvalue weighted by atomic mass is 35.5. The molecule has 0 bridgehead atoms.